The second-order valence-corrected chi connectivity index (χ2v) is 7.65. The number of halogens is 2. The molecule has 5 nitrogen and oxygen atoms in total. The highest BCUT2D eigenvalue weighted by molar-refractivity contribution is 7.89. The van der Waals surface area contributed by atoms with Gasteiger partial charge in [-0.2, -0.15) is 0 Å². The molecular formula is C20H16F2N2O3S. The number of rotatable bonds is 6. The average molecular weight is 402 g/mol. The fourth-order valence-corrected chi connectivity index (χ4v) is 3.49. The molecule has 0 spiro atoms. The Bertz CT molecular complexity index is 1100. The summed E-state index contributed by atoms with van der Waals surface area (Å²) in [6, 6.07) is 17.2. The molecule has 0 saturated heterocycles. The van der Waals surface area contributed by atoms with Gasteiger partial charge in [0, 0.05) is 6.54 Å². The van der Waals surface area contributed by atoms with Crippen molar-refractivity contribution in [1.82, 2.24) is 4.72 Å². The minimum absolute atomic E-state index is 0.0521. The molecule has 0 bridgehead atoms. The van der Waals surface area contributed by atoms with Gasteiger partial charge in [0.1, 0.15) is 11.6 Å². The molecule has 0 aliphatic rings. The maximum absolute atomic E-state index is 14.3. The third-order valence-electron chi connectivity index (χ3n) is 3.93. The van der Waals surface area contributed by atoms with Crippen LogP contribution in [0, 0.1) is 11.6 Å². The summed E-state index contributed by atoms with van der Waals surface area (Å²) in [4.78, 5) is 11.8. The summed E-state index contributed by atoms with van der Waals surface area (Å²) >= 11 is 0. The van der Waals surface area contributed by atoms with Crippen molar-refractivity contribution in [2.45, 2.75) is 11.4 Å². The van der Waals surface area contributed by atoms with Crippen LogP contribution < -0.4 is 10.0 Å². The maximum Gasteiger partial charge on any atom is 0.258 e. The normalized spacial score (nSPS) is 11.2. The van der Waals surface area contributed by atoms with E-state index in [0.717, 1.165) is 29.8 Å². The lowest BCUT2D eigenvalue weighted by Gasteiger charge is -2.10. The molecule has 1 amide bonds. The highest BCUT2D eigenvalue weighted by atomic mass is 32.2. The third-order valence-corrected chi connectivity index (χ3v) is 5.33. The molecule has 0 unspecified atom stereocenters. The van der Waals surface area contributed by atoms with Crippen molar-refractivity contribution >= 4 is 21.6 Å². The number of carbonyl (C=O) groups excluding carboxylic acids is 1. The van der Waals surface area contributed by atoms with Crippen LogP contribution in [0.5, 0.6) is 0 Å². The number of nitrogens with one attached hydrogen (secondary N) is 2. The van der Waals surface area contributed by atoms with Gasteiger partial charge in [-0.15, -0.1) is 0 Å². The molecule has 0 atom stereocenters. The Morgan fingerprint density at radius 1 is 0.857 bits per heavy atom. The van der Waals surface area contributed by atoms with Gasteiger partial charge in [-0.05, 0) is 35.9 Å². The van der Waals surface area contributed by atoms with Crippen LogP contribution in [-0.2, 0) is 16.6 Å². The molecule has 144 valence electrons. The highest BCUT2D eigenvalue weighted by Gasteiger charge is 2.18. The fraction of sp³-hybridized carbons (Fsp3) is 0.0500. The van der Waals surface area contributed by atoms with Gasteiger partial charge in [-0.1, -0.05) is 42.5 Å². The number of benzene rings is 3. The lowest BCUT2D eigenvalue weighted by Crippen LogP contribution is -2.23. The first kappa shape index (κ1) is 19.7. The Morgan fingerprint density at radius 2 is 1.54 bits per heavy atom. The van der Waals surface area contributed by atoms with E-state index in [4.69, 9.17) is 0 Å². The molecule has 3 rings (SSSR count). The lowest BCUT2D eigenvalue weighted by molar-refractivity contribution is 0.102. The number of anilines is 1. The van der Waals surface area contributed by atoms with Crippen LogP contribution in [0.2, 0.25) is 0 Å². The van der Waals surface area contributed by atoms with Crippen molar-refractivity contribution in [1.29, 1.82) is 0 Å². The Balaban J connectivity index is 1.74. The first-order chi connectivity index (χ1) is 13.4. The predicted molar refractivity (Wildman–Crippen MR) is 101 cm³/mol. The van der Waals surface area contributed by atoms with E-state index in [-0.39, 0.29) is 22.7 Å². The SMILES string of the molecule is O=C(Nc1ccc(S(=O)(=O)NCc2ccccc2)cc1F)c1ccccc1F. The molecule has 0 aliphatic carbocycles. The van der Waals surface area contributed by atoms with Crippen molar-refractivity contribution in [2.24, 2.45) is 0 Å². The number of carbonyl (C=O) groups is 1. The van der Waals surface area contributed by atoms with Crippen molar-refractivity contribution in [2.75, 3.05) is 5.32 Å². The van der Waals surface area contributed by atoms with E-state index in [0.29, 0.717) is 0 Å². The second-order valence-electron chi connectivity index (χ2n) is 5.89. The van der Waals surface area contributed by atoms with E-state index >= 15 is 0 Å². The van der Waals surface area contributed by atoms with E-state index < -0.39 is 27.6 Å². The summed E-state index contributed by atoms with van der Waals surface area (Å²) in [5, 5.41) is 2.23. The molecule has 28 heavy (non-hydrogen) atoms. The fourth-order valence-electron chi connectivity index (χ4n) is 2.46. The molecular weight excluding hydrogens is 386 g/mol. The van der Waals surface area contributed by atoms with Crippen LogP contribution >= 0.6 is 0 Å². The van der Waals surface area contributed by atoms with Crippen molar-refractivity contribution in [3.05, 3.63) is 95.6 Å². The number of sulfonamides is 1. The average Bonchev–Trinajstić information content (AvgIpc) is 2.69. The zero-order valence-corrected chi connectivity index (χ0v) is 15.3. The zero-order chi connectivity index (χ0) is 20.1. The van der Waals surface area contributed by atoms with Gasteiger partial charge in [0.2, 0.25) is 10.0 Å². The van der Waals surface area contributed by atoms with Crippen LogP contribution in [0.1, 0.15) is 15.9 Å². The molecule has 0 aliphatic heterocycles. The monoisotopic (exact) mass is 402 g/mol. The van der Waals surface area contributed by atoms with Crippen molar-refractivity contribution < 1.29 is 22.0 Å². The van der Waals surface area contributed by atoms with Gasteiger partial charge < -0.3 is 5.32 Å². The highest BCUT2D eigenvalue weighted by Crippen LogP contribution is 2.20. The first-order valence-electron chi connectivity index (χ1n) is 8.26. The van der Waals surface area contributed by atoms with E-state index in [1.807, 2.05) is 6.07 Å². The minimum atomic E-state index is -3.95. The van der Waals surface area contributed by atoms with Gasteiger partial charge in [-0.3, -0.25) is 4.79 Å². The largest absolute Gasteiger partial charge is 0.319 e. The quantitative estimate of drug-likeness (QED) is 0.660. The summed E-state index contributed by atoms with van der Waals surface area (Å²) in [7, 11) is -3.95. The van der Waals surface area contributed by atoms with Gasteiger partial charge in [-0.25, -0.2) is 21.9 Å². The van der Waals surface area contributed by atoms with E-state index in [1.165, 1.54) is 18.2 Å². The van der Waals surface area contributed by atoms with E-state index in [9.17, 15) is 22.0 Å². The van der Waals surface area contributed by atoms with Crippen LogP contribution in [-0.4, -0.2) is 14.3 Å². The van der Waals surface area contributed by atoms with E-state index in [2.05, 4.69) is 10.0 Å². The Hall–Kier alpha value is -3.10. The predicted octanol–water partition coefficient (Wildman–Crippen LogP) is 3.70. The van der Waals surface area contributed by atoms with Gasteiger partial charge in [0.25, 0.3) is 5.91 Å². The topological polar surface area (TPSA) is 75.3 Å². The Morgan fingerprint density at radius 3 is 2.21 bits per heavy atom. The van der Waals surface area contributed by atoms with Crippen LogP contribution in [0.4, 0.5) is 14.5 Å². The standard InChI is InChI=1S/C20H16F2N2O3S/c21-17-9-5-4-8-16(17)20(25)24-19-11-10-15(12-18(19)22)28(26,27)23-13-14-6-2-1-3-7-14/h1-12,23H,13H2,(H,24,25). The van der Waals surface area contributed by atoms with Crippen LogP contribution in [0.15, 0.2) is 77.7 Å². The van der Waals surface area contributed by atoms with Gasteiger partial charge >= 0.3 is 0 Å². The summed E-state index contributed by atoms with van der Waals surface area (Å²) in [6.45, 7) is 0.0521. The molecule has 2 N–H and O–H groups in total. The zero-order valence-electron chi connectivity index (χ0n) is 14.5. The molecule has 0 heterocycles. The van der Waals surface area contributed by atoms with Crippen LogP contribution in [0.3, 0.4) is 0 Å². The first-order valence-corrected chi connectivity index (χ1v) is 9.74. The summed E-state index contributed by atoms with van der Waals surface area (Å²) < 4.78 is 55.0. The van der Waals surface area contributed by atoms with Crippen molar-refractivity contribution in [3.8, 4) is 0 Å². The Kier molecular flexibility index (Phi) is 5.81. The smallest absolute Gasteiger partial charge is 0.258 e. The third kappa shape index (κ3) is 4.59. The minimum Gasteiger partial charge on any atom is -0.319 e. The molecule has 0 fully saturated rings. The van der Waals surface area contributed by atoms with Crippen molar-refractivity contribution in [3.63, 3.8) is 0 Å². The molecule has 8 heteroatoms. The number of hydrogen-bond donors (Lipinski definition) is 2. The van der Waals surface area contributed by atoms with Crippen LogP contribution in [0.25, 0.3) is 0 Å². The molecule has 0 radical (unpaired) electrons. The number of amides is 1. The maximum atomic E-state index is 14.3. The molecule has 3 aromatic carbocycles. The summed E-state index contributed by atoms with van der Waals surface area (Å²) in [5.41, 5.74) is 0.249. The molecule has 3 aromatic rings. The van der Waals surface area contributed by atoms with Gasteiger partial charge in [0.05, 0.1) is 16.1 Å². The van der Waals surface area contributed by atoms with E-state index in [1.54, 1.807) is 24.3 Å². The second kappa shape index (κ2) is 8.28. The van der Waals surface area contributed by atoms with Gasteiger partial charge in [0.15, 0.2) is 0 Å². The summed E-state index contributed by atoms with van der Waals surface area (Å²) in [5.74, 6) is -2.54. The summed E-state index contributed by atoms with van der Waals surface area (Å²) in [6.07, 6.45) is 0. The molecule has 0 saturated carbocycles. The Labute approximate surface area is 161 Å². The molecule has 0 aromatic heterocycles. The lowest BCUT2D eigenvalue weighted by atomic mass is 10.2. The number of hydrogen-bond acceptors (Lipinski definition) is 3.